The quantitative estimate of drug-likeness (QED) is 0.727. The first-order valence-corrected chi connectivity index (χ1v) is 8.03. The van der Waals surface area contributed by atoms with Crippen LogP contribution in [0.25, 0.3) is 11.2 Å². The minimum absolute atomic E-state index is 0.163. The number of nitrogens with one attached hydrogen (secondary N) is 1. The minimum atomic E-state index is -0.436. The van der Waals surface area contributed by atoms with Crippen LogP contribution in [0.1, 0.15) is 11.3 Å². The molecule has 3 heterocycles. The maximum Gasteiger partial charge on any atom is 0.332 e. The number of carbonyl (C=O) groups excluding carboxylic acids is 1. The first-order valence-electron chi connectivity index (χ1n) is 7.21. The molecule has 0 spiro atoms. The Bertz CT molecular complexity index is 1040. The van der Waals surface area contributed by atoms with Crippen molar-refractivity contribution in [3.63, 3.8) is 0 Å². The summed E-state index contributed by atoms with van der Waals surface area (Å²) in [5.74, 6) is -0.201. The van der Waals surface area contributed by atoms with Crippen LogP contribution in [0.15, 0.2) is 22.1 Å². The number of fused-ring (bicyclic) bond motifs is 1. The largest absolute Gasteiger partial charge is 0.332 e. The van der Waals surface area contributed by atoms with Crippen molar-refractivity contribution in [1.82, 2.24) is 23.7 Å². The van der Waals surface area contributed by atoms with E-state index in [1.165, 1.54) is 29.3 Å². The molecule has 0 saturated carbocycles. The molecule has 0 aliphatic rings. The Labute approximate surface area is 140 Å². The van der Waals surface area contributed by atoms with E-state index in [0.717, 1.165) is 9.44 Å². The van der Waals surface area contributed by atoms with E-state index in [1.807, 2.05) is 6.92 Å². The predicted molar refractivity (Wildman–Crippen MR) is 90.3 cm³/mol. The van der Waals surface area contributed by atoms with E-state index >= 15 is 0 Å². The van der Waals surface area contributed by atoms with Gasteiger partial charge < -0.3 is 9.88 Å². The molecule has 0 fully saturated rings. The lowest BCUT2D eigenvalue weighted by Crippen LogP contribution is -2.37. The van der Waals surface area contributed by atoms with Gasteiger partial charge in [-0.1, -0.05) is 0 Å². The number of thiazole rings is 1. The number of anilines is 1. The lowest BCUT2D eigenvalue weighted by Gasteiger charge is -2.06. The number of imidazole rings is 1. The molecule has 1 amide bonds. The molecule has 0 aliphatic carbocycles. The van der Waals surface area contributed by atoms with E-state index in [1.54, 1.807) is 17.8 Å². The molecule has 9 nitrogen and oxygen atoms in total. The highest BCUT2D eigenvalue weighted by atomic mass is 32.1. The molecule has 0 radical (unpaired) electrons. The lowest BCUT2D eigenvalue weighted by molar-refractivity contribution is -0.116. The summed E-state index contributed by atoms with van der Waals surface area (Å²) in [6.45, 7) is 2.19. The summed E-state index contributed by atoms with van der Waals surface area (Å²) in [5.41, 5.74) is -0.257. The fraction of sp³-hybridized carbons (Fsp3) is 0.357. The van der Waals surface area contributed by atoms with Crippen molar-refractivity contribution in [2.24, 2.45) is 14.1 Å². The average Bonchev–Trinajstić information content (AvgIpc) is 3.15. The summed E-state index contributed by atoms with van der Waals surface area (Å²) >= 11 is 1.40. The molecule has 0 bridgehead atoms. The van der Waals surface area contributed by atoms with E-state index in [-0.39, 0.29) is 18.9 Å². The van der Waals surface area contributed by atoms with Gasteiger partial charge in [-0.25, -0.2) is 14.8 Å². The number of aromatic nitrogens is 5. The van der Waals surface area contributed by atoms with Gasteiger partial charge in [-0.15, -0.1) is 11.3 Å². The van der Waals surface area contributed by atoms with Crippen LogP contribution in [0.3, 0.4) is 0 Å². The van der Waals surface area contributed by atoms with Crippen molar-refractivity contribution < 1.29 is 4.79 Å². The molecule has 0 unspecified atom stereocenters. The maximum atomic E-state index is 12.3. The van der Waals surface area contributed by atoms with Crippen molar-refractivity contribution in [2.75, 3.05) is 5.32 Å². The average molecular weight is 348 g/mol. The third kappa shape index (κ3) is 2.75. The summed E-state index contributed by atoms with van der Waals surface area (Å²) in [5, 5.41) is 3.26. The normalized spacial score (nSPS) is 11.1. The Balaban J connectivity index is 1.82. The summed E-state index contributed by atoms with van der Waals surface area (Å²) in [4.78, 5) is 45.4. The molecule has 3 aromatic rings. The van der Waals surface area contributed by atoms with Gasteiger partial charge in [-0.2, -0.15) is 0 Å². The molecule has 0 saturated heterocycles. The molecule has 126 valence electrons. The third-order valence-corrected chi connectivity index (χ3v) is 4.49. The van der Waals surface area contributed by atoms with Gasteiger partial charge in [-0.3, -0.25) is 18.7 Å². The molecule has 0 atom stereocenters. The number of aryl methyl sites for hydroxylation is 3. The Morgan fingerprint density at radius 3 is 2.67 bits per heavy atom. The van der Waals surface area contributed by atoms with Gasteiger partial charge in [0, 0.05) is 38.1 Å². The predicted octanol–water partition coefficient (Wildman–Crippen LogP) is 0.227. The Morgan fingerprint density at radius 2 is 2.00 bits per heavy atom. The van der Waals surface area contributed by atoms with Crippen LogP contribution in [-0.2, 0) is 25.4 Å². The number of carbonyl (C=O) groups is 1. The van der Waals surface area contributed by atoms with Crippen LogP contribution in [-0.4, -0.2) is 29.6 Å². The maximum absolute atomic E-state index is 12.3. The molecule has 24 heavy (non-hydrogen) atoms. The molecule has 0 aliphatic heterocycles. The van der Waals surface area contributed by atoms with Gasteiger partial charge in [0.25, 0.3) is 5.56 Å². The summed E-state index contributed by atoms with van der Waals surface area (Å²) in [7, 11) is 2.97. The molecule has 0 aromatic carbocycles. The van der Waals surface area contributed by atoms with Gasteiger partial charge in [-0.05, 0) is 6.92 Å². The molecular weight excluding hydrogens is 332 g/mol. The van der Waals surface area contributed by atoms with Crippen molar-refractivity contribution in [2.45, 2.75) is 19.9 Å². The zero-order valence-corrected chi connectivity index (χ0v) is 14.3. The standard InChI is InChI=1S/C14H16N6O3S/c1-8-6-15-13(24-8)17-9(21)4-5-20-7-16-11-10(20)12(22)19(3)14(23)18(11)2/h6-7H,4-5H2,1-3H3,(H,15,17,21). The van der Waals surface area contributed by atoms with Gasteiger partial charge in [0.1, 0.15) is 0 Å². The second-order valence-electron chi connectivity index (χ2n) is 5.39. The molecular formula is C14H16N6O3S. The first kappa shape index (κ1) is 16.1. The van der Waals surface area contributed by atoms with Gasteiger partial charge in [0.05, 0.1) is 6.33 Å². The molecule has 1 N–H and O–H groups in total. The SMILES string of the molecule is Cc1cnc(NC(=O)CCn2cnc3c2c(=O)n(C)c(=O)n3C)s1. The minimum Gasteiger partial charge on any atom is -0.324 e. The summed E-state index contributed by atoms with van der Waals surface area (Å²) < 4.78 is 3.92. The topological polar surface area (TPSA) is 104 Å². The van der Waals surface area contributed by atoms with Crippen LogP contribution in [0.4, 0.5) is 5.13 Å². The first-order chi connectivity index (χ1) is 11.4. The highest BCUT2D eigenvalue weighted by Crippen LogP contribution is 2.16. The lowest BCUT2D eigenvalue weighted by atomic mass is 10.4. The Kier molecular flexibility index (Phi) is 4.06. The van der Waals surface area contributed by atoms with E-state index in [2.05, 4.69) is 15.3 Å². The molecule has 10 heteroatoms. The zero-order chi connectivity index (χ0) is 17.4. The van der Waals surface area contributed by atoms with Crippen LogP contribution in [0.5, 0.6) is 0 Å². The summed E-state index contributed by atoms with van der Waals surface area (Å²) in [6.07, 6.45) is 3.32. The number of rotatable bonds is 4. The van der Waals surface area contributed by atoms with Gasteiger partial charge in [0.15, 0.2) is 16.3 Å². The smallest absolute Gasteiger partial charge is 0.324 e. The van der Waals surface area contributed by atoms with E-state index in [0.29, 0.717) is 16.3 Å². The fourth-order valence-electron chi connectivity index (χ4n) is 2.38. The van der Waals surface area contributed by atoms with Crippen molar-refractivity contribution in [3.8, 4) is 0 Å². The fourth-order valence-corrected chi connectivity index (χ4v) is 3.06. The van der Waals surface area contributed by atoms with Crippen LogP contribution in [0.2, 0.25) is 0 Å². The Hall–Kier alpha value is -2.75. The van der Waals surface area contributed by atoms with Crippen molar-refractivity contribution in [1.29, 1.82) is 0 Å². The molecule has 3 rings (SSSR count). The van der Waals surface area contributed by atoms with Crippen molar-refractivity contribution >= 4 is 33.5 Å². The zero-order valence-electron chi connectivity index (χ0n) is 13.4. The third-order valence-electron chi connectivity index (χ3n) is 3.66. The highest BCUT2D eigenvalue weighted by Gasteiger charge is 2.15. The van der Waals surface area contributed by atoms with Crippen LogP contribution < -0.4 is 16.6 Å². The van der Waals surface area contributed by atoms with Crippen molar-refractivity contribution in [3.05, 3.63) is 38.2 Å². The second kappa shape index (κ2) is 6.04. The van der Waals surface area contributed by atoms with E-state index in [9.17, 15) is 14.4 Å². The monoisotopic (exact) mass is 348 g/mol. The number of nitrogens with zero attached hydrogens (tertiary/aromatic N) is 5. The molecule has 3 aromatic heterocycles. The summed E-state index contributed by atoms with van der Waals surface area (Å²) in [6, 6.07) is 0. The number of hydrogen-bond donors (Lipinski definition) is 1. The number of amides is 1. The van der Waals surface area contributed by atoms with Crippen LogP contribution >= 0.6 is 11.3 Å². The highest BCUT2D eigenvalue weighted by molar-refractivity contribution is 7.15. The van der Waals surface area contributed by atoms with E-state index < -0.39 is 11.2 Å². The van der Waals surface area contributed by atoms with Crippen LogP contribution in [0, 0.1) is 6.92 Å². The van der Waals surface area contributed by atoms with E-state index in [4.69, 9.17) is 0 Å². The van der Waals surface area contributed by atoms with Gasteiger partial charge in [0.2, 0.25) is 5.91 Å². The van der Waals surface area contributed by atoms with Gasteiger partial charge >= 0.3 is 5.69 Å². The Morgan fingerprint density at radius 1 is 1.25 bits per heavy atom. The number of hydrogen-bond acceptors (Lipinski definition) is 6. The second-order valence-corrected chi connectivity index (χ2v) is 6.62.